The normalized spacial score (nSPS) is 14.1. The van der Waals surface area contributed by atoms with Crippen molar-refractivity contribution in [2.24, 2.45) is 0 Å². The van der Waals surface area contributed by atoms with Gasteiger partial charge in [-0.1, -0.05) is 68.0 Å². The Morgan fingerprint density at radius 3 is 2.74 bits per heavy atom. The molecule has 4 heterocycles. The number of para-hydroxylation sites is 1. The van der Waals surface area contributed by atoms with Crippen LogP contribution in [0, 0.1) is 6.07 Å². The zero-order valence-electron chi connectivity index (χ0n) is 26.4. The van der Waals surface area contributed by atoms with Crippen molar-refractivity contribution in [3.05, 3.63) is 101 Å². The molecule has 6 aromatic rings. The van der Waals surface area contributed by atoms with E-state index in [-0.39, 0.29) is 18.0 Å². The van der Waals surface area contributed by atoms with E-state index in [1.54, 1.807) is 28.2 Å². The van der Waals surface area contributed by atoms with Crippen LogP contribution >= 0.6 is 22.9 Å². The lowest BCUT2D eigenvalue weighted by Crippen LogP contribution is -2.35. The van der Waals surface area contributed by atoms with Crippen LogP contribution in [0.4, 0.5) is 10.6 Å². The molecule has 0 spiro atoms. The summed E-state index contributed by atoms with van der Waals surface area (Å²) in [5.74, 6) is 1.91. The topological polar surface area (TPSA) is 98.0 Å². The standard InChI is InChI=1S/C35H35ClN7O3S/c1-35(2,3)31-19-32(43(40-31)25-9-6-8-24(36)17-25)39-33(44)37-20-23-7-4-5-10-29(23)46-27-11-12-28-30(18-27)47-34-38-21-26(42(28)34)22-41-13-15-45-16-14-41/h4-7,9-12,17-19,21H,13-16,20,22H2,1-3H3,(H2,37,39,44). The minimum Gasteiger partial charge on any atom is -0.457 e. The minimum atomic E-state index is -0.369. The van der Waals surface area contributed by atoms with Gasteiger partial charge >= 0.3 is 6.03 Å². The first kappa shape index (κ1) is 31.2. The average Bonchev–Trinajstić information content (AvgIpc) is 3.75. The summed E-state index contributed by atoms with van der Waals surface area (Å²) in [5.41, 5.74) is 4.45. The van der Waals surface area contributed by atoms with E-state index in [0.29, 0.717) is 22.3 Å². The summed E-state index contributed by atoms with van der Waals surface area (Å²) >= 11 is 7.84. The number of anilines is 1. The Kier molecular flexibility index (Phi) is 8.63. The average molecular weight is 669 g/mol. The quantitative estimate of drug-likeness (QED) is 0.175. The van der Waals surface area contributed by atoms with Crippen LogP contribution in [-0.4, -0.2) is 56.4 Å². The van der Waals surface area contributed by atoms with E-state index in [1.807, 2.05) is 54.7 Å². The lowest BCUT2D eigenvalue weighted by molar-refractivity contribution is 0.0336. The summed E-state index contributed by atoms with van der Waals surface area (Å²) in [6.07, 6.45) is 1.97. The predicted molar refractivity (Wildman–Crippen MR) is 185 cm³/mol. The molecule has 3 aromatic heterocycles. The summed E-state index contributed by atoms with van der Waals surface area (Å²) in [7, 11) is 0. The molecule has 0 saturated carbocycles. The molecule has 0 atom stereocenters. The fourth-order valence-corrected chi connectivity index (χ4v) is 6.75. The second kappa shape index (κ2) is 13.0. The first-order valence-electron chi connectivity index (χ1n) is 15.5. The second-order valence-electron chi connectivity index (χ2n) is 12.5. The van der Waals surface area contributed by atoms with E-state index in [0.717, 1.165) is 65.0 Å². The monoisotopic (exact) mass is 668 g/mol. The number of aromatic nitrogens is 4. The Bertz CT molecular complexity index is 2060. The molecule has 10 nitrogen and oxygen atoms in total. The Balaban J connectivity index is 1.05. The van der Waals surface area contributed by atoms with Gasteiger partial charge in [-0.25, -0.2) is 14.5 Å². The maximum atomic E-state index is 13.2. The van der Waals surface area contributed by atoms with Gasteiger partial charge < -0.3 is 14.8 Å². The summed E-state index contributed by atoms with van der Waals surface area (Å²) in [6.45, 7) is 10.7. The van der Waals surface area contributed by atoms with Crippen molar-refractivity contribution in [3.8, 4) is 17.2 Å². The molecule has 1 fully saturated rings. The fraction of sp³-hybridized carbons (Fsp3) is 0.286. The molecule has 12 heteroatoms. The molecule has 3 aromatic carbocycles. The molecule has 7 rings (SSSR count). The van der Waals surface area contributed by atoms with Gasteiger partial charge in [0.2, 0.25) is 0 Å². The van der Waals surface area contributed by atoms with Gasteiger partial charge in [0.05, 0.1) is 51.7 Å². The maximum Gasteiger partial charge on any atom is 0.320 e. The van der Waals surface area contributed by atoms with Crippen molar-refractivity contribution in [2.45, 2.75) is 39.3 Å². The van der Waals surface area contributed by atoms with E-state index in [1.165, 1.54) is 5.69 Å². The summed E-state index contributed by atoms with van der Waals surface area (Å²) in [6, 6.07) is 23.6. The van der Waals surface area contributed by atoms with Gasteiger partial charge in [-0.15, -0.1) is 0 Å². The number of fused-ring (bicyclic) bond motifs is 3. The van der Waals surface area contributed by atoms with Crippen molar-refractivity contribution in [2.75, 3.05) is 31.6 Å². The van der Waals surface area contributed by atoms with E-state index < -0.39 is 0 Å². The lowest BCUT2D eigenvalue weighted by Gasteiger charge is -2.26. The third-order valence-corrected chi connectivity index (χ3v) is 9.25. The highest BCUT2D eigenvalue weighted by molar-refractivity contribution is 7.23. The van der Waals surface area contributed by atoms with Crippen LogP contribution in [0.5, 0.6) is 11.5 Å². The van der Waals surface area contributed by atoms with Crippen LogP contribution in [0.25, 0.3) is 20.9 Å². The van der Waals surface area contributed by atoms with Gasteiger partial charge in [-0.2, -0.15) is 5.10 Å². The summed E-state index contributed by atoms with van der Waals surface area (Å²) < 4.78 is 16.9. The number of carbonyl (C=O) groups excluding carboxylic acids is 1. The number of urea groups is 1. The molecule has 47 heavy (non-hydrogen) atoms. The highest BCUT2D eigenvalue weighted by atomic mass is 35.5. The van der Waals surface area contributed by atoms with Crippen LogP contribution in [-0.2, 0) is 23.2 Å². The van der Waals surface area contributed by atoms with Gasteiger partial charge in [0.1, 0.15) is 17.3 Å². The molecule has 2 N–H and O–H groups in total. The number of halogens is 1. The molecular formula is C35H35ClN7O3S. The van der Waals surface area contributed by atoms with E-state index in [9.17, 15) is 4.79 Å². The van der Waals surface area contributed by atoms with Crippen LogP contribution in [0.3, 0.4) is 0 Å². The molecule has 0 unspecified atom stereocenters. The minimum absolute atomic E-state index is 0.222. The largest absolute Gasteiger partial charge is 0.457 e. The first-order valence-corrected chi connectivity index (χ1v) is 16.7. The van der Waals surface area contributed by atoms with Crippen LogP contribution in [0.15, 0.2) is 72.9 Å². The third-order valence-electron chi connectivity index (χ3n) is 8.02. The predicted octanol–water partition coefficient (Wildman–Crippen LogP) is 7.43. The molecule has 1 aliphatic rings. The van der Waals surface area contributed by atoms with Gasteiger partial charge in [0.15, 0.2) is 4.96 Å². The van der Waals surface area contributed by atoms with Gasteiger partial charge in [-0.3, -0.25) is 14.6 Å². The molecular weight excluding hydrogens is 634 g/mol. The number of hydrogen-bond donors (Lipinski definition) is 2. The Labute approximate surface area is 281 Å². The first-order chi connectivity index (χ1) is 22.7. The number of hydrogen-bond acceptors (Lipinski definition) is 7. The molecule has 1 saturated heterocycles. The van der Waals surface area contributed by atoms with Gasteiger partial charge in [-0.05, 0) is 30.3 Å². The number of carbonyl (C=O) groups is 1. The Morgan fingerprint density at radius 2 is 1.94 bits per heavy atom. The van der Waals surface area contributed by atoms with E-state index in [4.69, 9.17) is 26.2 Å². The van der Waals surface area contributed by atoms with Gasteiger partial charge in [0.25, 0.3) is 0 Å². The van der Waals surface area contributed by atoms with Gasteiger partial charge in [0, 0.05) is 55.4 Å². The Morgan fingerprint density at radius 1 is 1.11 bits per heavy atom. The molecule has 1 aliphatic heterocycles. The van der Waals surface area contributed by atoms with E-state index in [2.05, 4.69) is 57.8 Å². The lowest BCUT2D eigenvalue weighted by atomic mass is 9.92. The number of thiazole rings is 1. The number of imidazole rings is 1. The number of benzene rings is 3. The number of morpholine rings is 1. The smallest absolute Gasteiger partial charge is 0.320 e. The molecule has 0 aliphatic carbocycles. The number of nitrogens with one attached hydrogen (secondary N) is 2. The van der Waals surface area contributed by atoms with Crippen molar-refractivity contribution in [3.63, 3.8) is 0 Å². The number of nitrogens with zero attached hydrogens (tertiary/aromatic N) is 5. The molecule has 241 valence electrons. The zero-order valence-corrected chi connectivity index (χ0v) is 28.0. The third kappa shape index (κ3) is 6.84. The molecule has 2 amide bonds. The van der Waals surface area contributed by atoms with Crippen LogP contribution in [0.2, 0.25) is 5.02 Å². The number of ether oxygens (including phenoxy) is 2. The summed E-state index contributed by atoms with van der Waals surface area (Å²) in [5, 5.41) is 11.2. The second-order valence-corrected chi connectivity index (χ2v) is 13.9. The van der Waals surface area contributed by atoms with Crippen molar-refractivity contribution in [1.29, 1.82) is 0 Å². The molecule has 0 bridgehead atoms. The Hall–Kier alpha value is -4.42. The number of rotatable bonds is 8. The van der Waals surface area contributed by atoms with Crippen LogP contribution < -0.4 is 15.4 Å². The van der Waals surface area contributed by atoms with Crippen LogP contribution in [0.1, 0.15) is 37.7 Å². The number of amides is 2. The van der Waals surface area contributed by atoms with Crippen molar-refractivity contribution >= 4 is 50.0 Å². The zero-order chi connectivity index (χ0) is 32.5. The fourth-order valence-electron chi connectivity index (χ4n) is 5.52. The SMILES string of the molecule is CC(C)(C)c1cc(NC(=O)NCc2ccccc2Oc2ccc3c(c2)sc2ncc(CN4CCOCC4)n23)n(-c2cc[c]c(Cl)c2)n1. The summed E-state index contributed by atoms with van der Waals surface area (Å²) in [4.78, 5) is 21.2. The van der Waals surface area contributed by atoms with Crippen molar-refractivity contribution < 1.29 is 14.3 Å². The van der Waals surface area contributed by atoms with Crippen molar-refractivity contribution in [1.82, 2.24) is 29.4 Å². The highest BCUT2D eigenvalue weighted by Crippen LogP contribution is 2.34. The molecule has 1 radical (unpaired) electrons. The highest BCUT2D eigenvalue weighted by Gasteiger charge is 2.22. The van der Waals surface area contributed by atoms with E-state index >= 15 is 0 Å². The maximum absolute atomic E-state index is 13.2.